The van der Waals surface area contributed by atoms with Crippen LogP contribution in [0.15, 0.2) is 18.2 Å². The van der Waals surface area contributed by atoms with E-state index in [0.29, 0.717) is 25.7 Å². The zero-order valence-electron chi connectivity index (χ0n) is 16.8. The molecule has 1 amide bonds. The molecule has 2 fully saturated rings. The third-order valence-corrected chi connectivity index (χ3v) is 6.08. The third kappa shape index (κ3) is 4.47. The predicted octanol–water partition coefficient (Wildman–Crippen LogP) is 1.72. The maximum Gasteiger partial charge on any atom is 0.290 e. The van der Waals surface area contributed by atoms with Gasteiger partial charge in [0.05, 0.1) is 36.5 Å². The Bertz CT molecular complexity index is 815. The third-order valence-electron chi connectivity index (χ3n) is 5.86. The first-order valence-electron chi connectivity index (χ1n) is 10.1. The summed E-state index contributed by atoms with van der Waals surface area (Å²) >= 11 is 6.17. The molecule has 1 saturated heterocycles. The lowest BCUT2D eigenvalue weighted by Crippen LogP contribution is -2.65. The summed E-state index contributed by atoms with van der Waals surface area (Å²) in [5.74, 6) is -3.17. The van der Waals surface area contributed by atoms with Crippen molar-refractivity contribution in [3.8, 4) is 6.07 Å². The van der Waals surface area contributed by atoms with Crippen molar-refractivity contribution in [2.24, 2.45) is 0 Å². The molecule has 1 aromatic rings. The zero-order valence-corrected chi connectivity index (χ0v) is 17.6. The van der Waals surface area contributed by atoms with Crippen LogP contribution in [-0.2, 0) is 14.3 Å². The number of carbonyl (C=O) groups excluding carboxylic acids is 1. The van der Waals surface area contributed by atoms with Crippen LogP contribution in [0.5, 0.6) is 0 Å². The first-order chi connectivity index (χ1) is 14.3. The molecule has 2 aliphatic rings. The second kappa shape index (κ2) is 9.60. The molecule has 3 unspecified atom stereocenters. The Kier molecular flexibility index (Phi) is 7.34. The fourth-order valence-electron chi connectivity index (χ4n) is 4.32. The lowest BCUT2D eigenvalue weighted by Gasteiger charge is -2.46. The molecule has 1 heterocycles. The first-order valence-corrected chi connectivity index (χ1v) is 10.5. The molecule has 0 radical (unpaired) electrons. The number of nitriles is 1. The van der Waals surface area contributed by atoms with Crippen LogP contribution >= 0.6 is 11.6 Å². The van der Waals surface area contributed by atoms with Gasteiger partial charge in [0.15, 0.2) is 0 Å². The highest BCUT2D eigenvalue weighted by Gasteiger charge is 2.54. The molecule has 0 bridgehead atoms. The minimum atomic E-state index is -2.35. The first kappa shape index (κ1) is 22.9. The molecule has 1 aromatic carbocycles. The van der Waals surface area contributed by atoms with E-state index in [-0.39, 0.29) is 22.9 Å². The van der Waals surface area contributed by atoms with Crippen LogP contribution in [0.25, 0.3) is 0 Å². The van der Waals surface area contributed by atoms with Gasteiger partial charge >= 0.3 is 0 Å². The Hall–Kier alpha value is -1.73. The van der Waals surface area contributed by atoms with Crippen LogP contribution in [0.4, 0.5) is 5.69 Å². The Balaban J connectivity index is 2.08. The van der Waals surface area contributed by atoms with Gasteiger partial charge in [0.25, 0.3) is 11.7 Å². The van der Waals surface area contributed by atoms with Crippen LogP contribution in [0.1, 0.15) is 44.1 Å². The molecule has 0 aromatic heterocycles. The van der Waals surface area contributed by atoms with Crippen molar-refractivity contribution in [1.29, 1.82) is 5.26 Å². The van der Waals surface area contributed by atoms with Gasteiger partial charge in [-0.3, -0.25) is 4.79 Å². The van der Waals surface area contributed by atoms with E-state index in [1.165, 1.54) is 30.2 Å². The second-order valence-corrected chi connectivity index (χ2v) is 8.26. The van der Waals surface area contributed by atoms with E-state index < -0.39 is 36.0 Å². The van der Waals surface area contributed by atoms with Gasteiger partial charge in [0, 0.05) is 17.8 Å². The summed E-state index contributed by atoms with van der Waals surface area (Å²) in [6.07, 6.45) is 0.884. The van der Waals surface area contributed by atoms with E-state index >= 15 is 0 Å². The van der Waals surface area contributed by atoms with Crippen molar-refractivity contribution < 1.29 is 29.6 Å². The van der Waals surface area contributed by atoms with Crippen molar-refractivity contribution in [3.63, 3.8) is 0 Å². The lowest BCUT2D eigenvalue weighted by molar-refractivity contribution is -0.289. The monoisotopic (exact) mass is 438 g/mol. The van der Waals surface area contributed by atoms with Gasteiger partial charge in [0.2, 0.25) is 0 Å². The average molecular weight is 439 g/mol. The van der Waals surface area contributed by atoms with Crippen molar-refractivity contribution in [2.45, 2.75) is 68.7 Å². The molecule has 8 nitrogen and oxygen atoms in total. The van der Waals surface area contributed by atoms with Gasteiger partial charge in [-0.1, -0.05) is 24.4 Å². The fraction of sp³-hybridized carbons (Fsp3) is 0.619. The van der Waals surface area contributed by atoms with Crippen LogP contribution in [0.3, 0.4) is 0 Å². The summed E-state index contributed by atoms with van der Waals surface area (Å²) in [7, 11) is 1.37. The number of rotatable bonds is 5. The normalized spacial score (nSPS) is 31.7. The molecular weight excluding hydrogens is 412 g/mol. The highest BCUT2D eigenvalue weighted by Crippen LogP contribution is 2.36. The number of amides is 1. The summed E-state index contributed by atoms with van der Waals surface area (Å²) in [5.41, 5.74) is 0.529. The quantitative estimate of drug-likeness (QED) is 0.639. The molecule has 30 heavy (non-hydrogen) atoms. The number of anilines is 1. The van der Waals surface area contributed by atoms with Gasteiger partial charge < -0.3 is 29.7 Å². The van der Waals surface area contributed by atoms with Crippen molar-refractivity contribution in [3.05, 3.63) is 28.8 Å². The van der Waals surface area contributed by atoms with Crippen LogP contribution < -0.4 is 4.90 Å². The number of hydrogen-bond acceptors (Lipinski definition) is 7. The van der Waals surface area contributed by atoms with Crippen LogP contribution in [0, 0.1) is 11.3 Å². The maximum atomic E-state index is 13.8. The molecule has 1 aliphatic carbocycles. The van der Waals surface area contributed by atoms with E-state index in [1.54, 1.807) is 0 Å². The molecule has 1 saturated carbocycles. The van der Waals surface area contributed by atoms with E-state index in [4.69, 9.17) is 21.1 Å². The van der Waals surface area contributed by atoms with Crippen LogP contribution in [-0.4, -0.2) is 65.1 Å². The number of methoxy groups -OCH3 is 1. The van der Waals surface area contributed by atoms with E-state index in [0.717, 1.165) is 12.8 Å². The highest BCUT2D eigenvalue weighted by molar-refractivity contribution is 6.31. The van der Waals surface area contributed by atoms with Crippen molar-refractivity contribution >= 4 is 23.2 Å². The molecule has 3 rings (SSSR count). The van der Waals surface area contributed by atoms with Gasteiger partial charge in [-0.15, -0.1) is 0 Å². The summed E-state index contributed by atoms with van der Waals surface area (Å²) in [6, 6.07) is 5.85. The highest BCUT2D eigenvalue weighted by atomic mass is 35.5. The second-order valence-electron chi connectivity index (χ2n) is 7.82. The van der Waals surface area contributed by atoms with Gasteiger partial charge in [0.1, 0.15) is 6.10 Å². The van der Waals surface area contributed by atoms with Gasteiger partial charge in [-0.2, -0.15) is 5.26 Å². The minimum Gasteiger partial charge on any atom is -0.394 e. The summed E-state index contributed by atoms with van der Waals surface area (Å²) in [6.45, 7) is -0.353. The van der Waals surface area contributed by atoms with E-state index in [9.17, 15) is 25.4 Å². The van der Waals surface area contributed by atoms with Gasteiger partial charge in [-0.05, 0) is 43.9 Å². The van der Waals surface area contributed by atoms with E-state index in [2.05, 4.69) is 0 Å². The molecule has 3 N–H and O–H groups in total. The lowest BCUT2D eigenvalue weighted by atomic mass is 9.89. The van der Waals surface area contributed by atoms with Crippen LogP contribution in [0.2, 0.25) is 5.02 Å². The zero-order chi connectivity index (χ0) is 21.9. The number of benzene rings is 1. The Morgan fingerprint density at radius 1 is 1.33 bits per heavy atom. The fourth-order valence-corrected chi connectivity index (χ4v) is 4.55. The molecule has 9 heteroatoms. The minimum absolute atomic E-state index is 0.244. The number of aliphatic hydroxyl groups is 3. The summed E-state index contributed by atoms with van der Waals surface area (Å²) < 4.78 is 11.0. The smallest absolute Gasteiger partial charge is 0.290 e. The number of aliphatic hydroxyl groups excluding tert-OH is 2. The molecule has 5 atom stereocenters. The number of halogens is 1. The number of ether oxygens (including phenoxy) is 2. The molecular formula is C21H27ClN2O6. The Morgan fingerprint density at radius 3 is 2.70 bits per heavy atom. The summed E-state index contributed by atoms with van der Waals surface area (Å²) in [5, 5.41) is 41.1. The largest absolute Gasteiger partial charge is 0.394 e. The molecule has 0 spiro atoms. The average Bonchev–Trinajstić information content (AvgIpc) is 2.74. The topological polar surface area (TPSA) is 123 Å². The van der Waals surface area contributed by atoms with Crippen molar-refractivity contribution in [1.82, 2.24) is 0 Å². The number of hydrogen-bond donors (Lipinski definition) is 3. The standard InChI is InChI=1S/C21H27ClN2O6/c1-29-19-7-6-16(12-25)30-21(19,28)20(27)24(17-4-2-3-5-18(17)26)15-9-13(11-23)8-14(22)10-15/h8-10,16-19,25-26,28H,2-7,12H2,1H3/t16?,17-,18-,19?,21?/m0/s1. The SMILES string of the molecule is COC1CCC(CO)OC1(O)C(=O)N(c1cc(Cl)cc(C#N)c1)[C@H]1CCCC[C@@H]1O. The Morgan fingerprint density at radius 2 is 2.07 bits per heavy atom. The number of carbonyl (C=O) groups is 1. The molecule has 1 aliphatic heterocycles. The van der Waals surface area contributed by atoms with Crippen molar-refractivity contribution in [2.75, 3.05) is 18.6 Å². The summed E-state index contributed by atoms with van der Waals surface area (Å²) in [4.78, 5) is 15.0. The number of nitrogens with zero attached hydrogens (tertiary/aromatic N) is 2. The maximum absolute atomic E-state index is 13.8. The van der Waals surface area contributed by atoms with Gasteiger partial charge in [-0.25, -0.2) is 0 Å². The predicted molar refractivity (Wildman–Crippen MR) is 109 cm³/mol. The van der Waals surface area contributed by atoms with E-state index in [1.807, 2.05) is 6.07 Å². The Labute approximate surface area is 180 Å². The molecule has 164 valence electrons.